The van der Waals surface area contributed by atoms with Crippen molar-refractivity contribution in [3.63, 3.8) is 0 Å². The number of nitrogens with zero attached hydrogens (tertiary/aromatic N) is 3. The predicted molar refractivity (Wildman–Crippen MR) is 119 cm³/mol. The molecule has 3 aliphatic heterocycles. The van der Waals surface area contributed by atoms with Crippen LogP contribution in [-0.4, -0.2) is 57.2 Å². The number of benzene rings is 2. The smallest absolute Gasteiger partial charge is 0.354 e. The number of thiocarbonyl (C=S) groups is 1. The van der Waals surface area contributed by atoms with Gasteiger partial charge in [0.25, 0.3) is 5.72 Å². The second-order valence-electron chi connectivity index (χ2n) is 8.75. The first kappa shape index (κ1) is 20.9. The molecule has 33 heavy (non-hydrogen) atoms. The minimum absolute atomic E-state index is 0.000918. The lowest BCUT2D eigenvalue weighted by Crippen LogP contribution is -2.55. The van der Waals surface area contributed by atoms with E-state index in [4.69, 9.17) is 40.6 Å². The quantitative estimate of drug-likeness (QED) is 0.524. The first-order chi connectivity index (χ1) is 15.9. The minimum atomic E-state index is -1.28. The van der Waals surface area contributed by atoms with Gasteiger partial charge in [-0.25, -0.2) is 0 Å². The minimum Gasteiger partial charge on any atom is -0.450 e. The van der Waals surface area contributed by atoms with Gasteiger partial charge < -0.3 is 28.4 Å². The van der Waals surface area contributed by atoms with E-state index in [1.165, 1.54) is 4.80 Å². The van der Waals surface area contributed by atoms with Gasteiger partial charge in [-0.1, -0.05) is 42.5 Å². The highest BCUT2D eigenvalue weighted by molar-refractivity contribution is 7.79. The van der Waals surface area contributed by atoms with Gasteiger partial charge in [-0.05, 0) is 31.5 Å². The van der Waals surface area contributed by atoms with Crippen LogP contribution in [0.15, 0.2) is 54.6 Å². The van der Waals surface area contributed by atoms with Crippen molar-refractivity contribution in [1.82, 2.24) is 15.0 Å². The van der Waals surface area contributed by atoms with Crippen molar-refractivity contribution in [1.29, 1.82) is 0 Å². The zero-order chi connectivity index (χ0) is 22.6. The Balaban J connectivity index is 1.39. The van der Waals surface area contributed by atoms with Gasteiger partial charge in [-0.2, -0.15) is 0 Å². The lowest BCUT2D eigenvalue weighted by atomic mass is 10.0. The molecule has 4 heterocycles. The Hall–Kier alpha value is -2.63. The van der Waals surface area contributed by atoms with E-state index in [9.17, 15) is 0 Å². The van der Waals surface area contributed by atoms with E-state index in [2.05, 4.69) is 10.2 Å². The molecule has 3 aromatic rings. The molecule has 0 bridgehead atoms. The van der Waals surface area contributed by atoms with Gasteiger partial charge in [0.1, 0.15) is 23.2 Å². The van der Waals surface area contributed by atoms with E-state index in [0.717, 1.165) is 5.56 Å². The summed E-state index contributed by atoms with van der Waals surface area (Å²) in [5, 5.41) is 9.29. The van der Waals surface area contributed by atoms with Crippen LogP contribution in [0.1, 0.15) is 19.4 Å². The van der Waals surface area contributed by atoms with E-state index < -0.39 is 36.1 Å². The Morgan fingerprint density at radius 2 is 1.73 bits per heavy atom. The summed E-state index contributed by atoms with van der Waals surface area (Å²) >= 11 is 5.23. The van der Waals surface area contributed by atoms with Gasteiger partial charge in [-0.3, -0.25) is 0 Å². The molecule has 1 aromatic heterocycles. The summed E-state index contributed by atoms with van der Waals surface area (Å²) in [6.45, 7) is 4.11. The van der Waals surface area contributed by atoms with Crippen LogP contribution in [0.3, 0.4) is 0 Å². The van der Waals surface area contributed by atoms with Gasteiger partial charge in [0.15, 0.2) is 24.8 Å². The molecule has 0 N–H and O–H groups in total. The van der Waals surface area contributed by atoms with Gasteiger partial charge in [0.2, 0.25) is 0 Å². The Bertz CT molecular complexity index is 1150. The number of hydrogen-bond donors (Lipinski definition) is 0. The summed E-state index contributed by atoms with van der Waals surface area (Å²) in [5.41, 5.74) is 1.17. The fraction of sp³-hybridized carbons (Fsp3) is 0.435. The van der Waals surface area contributed by atoms with Crippen LogP contribution in [0.25, 0.3) is 11.0 Å². The van der Waals surface area contributed by atoms with Gasteiger partial charge in [0, 0.05) is 12.2 Å². The number of hydrogen-bond acceptors (Lipinski definition) is 9. The lowest BCUT2D eigenvalue weighted by molar-refractivity contribution is -0.256. The molecule has 3 saturated heterocycles. The van der Waals surface area contributed by atoms with Crippen LogP contribution < -0.4 is 0 Å². The van der Waals surface area contributed by atoms with E-state index in [1.807, 2.05) is 68.4 Å². The molecule has 0 amide bonds. The van der Waals surface area contributed by atoms with E-state index in [-0.39, 0.29) is 11.8 Å². The Kier molecular flexibility index (Phi) is 4.89. The average molecular weight is 470 g/mol. The molecule has 0 aliphatic carbocycles. The SMILES string of the molecule is CC1(C)O[C@H]2O[C@H]([C@@]3(n4nc5ccccc5n4)COC(=S)O3)[C@H](OCc3ccccc3)[C@H]2O1. The normalized spacial score (nSPS) is 32.6. The first-order valence-corrected chi connectivity index (χ1v) is 11.2. The summed E-state index contributed by atoms with van der Waals surface area (Å²) in [4.78, 5) is 1.48. The van der Waals surface area contributed by atoms with E-state index in [1.54, 1.807) is 0 Å². The van der Waals surface area contributed by atoms with Crippen molar-refractivity contribution in [2.24, 2.45) is 0 Å². The Morgan fingerprint density at radius 1 is 1.03 bits per heavy atom. The maximum atomic E-state index is 6.40. The summed E-state index contributed by atoms with van der Waals surface area (Å²) in [5.74, 6) is -0.803. The maximum absolute atomic E-state index is 6.40. The number of ether oxygens (including phenoxy) is 6. The fourth-order valence-electron chi connectivity index (χ4n) is 4.54. The number of aromatic nitrogens is 3. The highest BCUT2D eigenvalue weighted by atomic mass is 32.1. The molecular formula is C23H23N3O6S. The number of fused-ring (bicyclic) bond motifs is 2. The monoisotopic (exact) mass is 469 g/mol. The lowest BCUT2D eigenvalue weighted by Gasteiger charge is -2.35. The summed E-state index contributed by atoms with van der Waals surface area (Å²) in [6, 6.07) is 17.5. The molecule has 9 nitrogen and oxygen atoms in total. The van der Waals surface area contributed by atoms with Crippen molar-refractivity contribution < 1.29 is 28.4 Å². The third kappa shape index (κ3) is 3.58. The third-order valence-electron chi connectivity index (χ3n) is 6.00. The molecule has 3 fully saturated rings. The molecule has 0 spiro atoms. The van der Waals surface area contributed by atoms with E-state index >= 15 is 0 Å². The molecule has 2 aromatic carbocycles. The fourth-order valence-corrected chi connectivity index (χ4v) is 4.74. The zero-order valence-electron chi connectivity index (χ0n) is 18.1. The second-order valence-corrected chi connectivity index (χ2v) is 9.08. The van der Waals surface area contributed by atoms with Crippen molar-refractivity contribution in [2.45, 2.75) is 56.6 Å². The summed E-state index contributed by atoms with van der Waals surface area (Å²) in [7, 11) is 0. The van der Waals surface area contributed by atoms with Gasteiger partial charge in [0.05, 0.1) is 6.61 Å². The number of rotatable bonds is 5. The maximum Gasteiger partial charge on any atom is 0.354 e. The summed E-state index contributed by atoms with van der Waals surface area (Å²) < 4.78 is 36.6. The van der Waals surface area contributed by atoms with Crippen LogP contribution >= 0.6 is 12.2 Å². The molecule has 10 heteroatoms. The first-order valence-electron chi connectivity index (χ1n) is 10.8. The van der Waals surface area contributed by atoms with Crippen molar-refractivity contribution >= 4 is 28.5 Å². The Labute approximate surface area is 195 Å². The highest BCUT2D eigenvalue weighted by Gasteiger charge is 2.66. The topological polar surface area (TPSA) is 86.1 Å². The Morgan fingerprint density at radius 3 is 2.39 bits per heavy atom. The van der Waals surface area contributed by atoms with Crippen LogP contribution in [0, 0.1) is 0 Å². The average Bonchev–Trinajstić information content (AvgIpc) is 3.54. The third-order valence-corrected chi connectivity index (χ3v) is 6.20. The van der Waals surface area contributed by atoms with Crippen molar-refractivity contribution in [2.75, 3.05) is 6.61 Å². The molecule has 3 aliphatic rings. The van der Waals surface area contributed by atoms with Gasteiger partial charge >= 0.3 is 5.24 Å². The molecular weight excluding hydrogens is 446 g/mol. The molecule has 5 atom stereocenters. The van der Waals surface area contributed by atoms with Gasteiger partial charge in [-0.15, -0.1) is 15.0 Å². The molecule has 6 rings (SSSR count). The van der Waals surface area contributed by atoms with Crippen LogP contribution in [0.4, 0.5) is 0 Å². The van der Waals surface area contributed by atoms with Crippen LogP contribution in [0.2, 0.25) is 0 Å². The standard InChI is InChI=1S/C23H23N3O6S/c1-22(2)30-18-17(27-12-14-8-4-3-5-9-14)19(29-20(18)31-22)23(13-28-21(33)32-23)26-24-15-10-6-7-11-16(15)25-26/h3-11,17-20H,12-13H2,1-2H3/t17-,18-,19+,20-,23-/m1/s1. The molecule has 0 radical (unpaired) electrons. The predicted octanol–water partition coefficient (Wildman–Crippen LogP) is 2.88. The van der Waals surface area contributed by atoms with Crippen LogP contribution in [-0.2, 0) is 40.8 Å². The van der Waals surface area contributed by atoms with E-state index in [0.29, 0.717) is 17.6 Å². The second kappa shape index (κ2) is 7.71. The highest BCUT2D eigenvalue weighted by Crippen LogP contribution is 2.45. The van der Waals surface area contributed by atoms with Crippen molar-refractivity contribution in [3.8, 4) is 0 Å². The largest absolute Gasteiger partial charge is 0.450 e. The molecule has 0 unspecified atom stereocenters. The molecule has 172 valence electrons. The molecule has 0 saturated carbocycles. The zero-order valence-corrected chi connectivity index (χ0v) is 18.9. The van der Waals surface area contributed by atoms with Crippen molar-refractivity contribution in [3.05, 3.63) is 60.2 Å². The van der Waals surface area contributed by atoms with Crippen LogP contribution in [0.5, 0.6) is 0 Å². The summed E-state index contributed by atoms with van der Waals surface area (Å²) in [6.07, 6.45) is -2.40.